The van der Waals surface area contributed by atoms with Gasteiger partial charge in [-0.2, -0.15) is 0 Å². The fourth-order valence-electron chi connectivity index (χ4n) is 1.10. The third-order valence-corrected chi connectivity index (χ3v) is 1.87. The Morgan fingerprint density at radius 3 is 2.45 bits per heavy atom. The van der Waals surface area contributed by atoms with E-state index in [1.165, 1.54) is 0 Å². The van der Waals surface area contributed by atoms with E-state index < -0.39 is 0 Å². The monoisotopic (exact) mass is 153 g/mol. The van der Waals surface area contributed by atoms with E-state index in [2.05, 4.69) is 23.9 Å². The molecule has 1 atom stereocenters. The van der Waals surface area contributed by atoms with Crippen molar-refractivity contribution in [1.29, 1.82) is 0 Å². The molecule has 0 bridgehead atoms. The molecule has 1 rings (SSSR count). The molecular weight excluding hydrogens is 138 g/mol. The topological polar surface area (TPSA) is 14.2 Å². The van der Waals surface area contributed by atoms with Crippen molar-refractivity contribution in [3.8, 4) is 0 Å². The van der Waals surface area contributed by atoms with E-state index in [4.69, 9.17) is 4.74 Å². The van der Waals surface area contributed by atoms with Gasteiger partial charge in [0.15, 0.2) is 0 Å². The quantitative estimate of drug-likeness (QED) is 0.644. The predicted molar refractivity (Wildman–Crippen MR) is 45.5 cm³/mol. The summed E-state index contributed by atoms with van der Waals surface area (Å²) in [5, 5.41) is 0. The van der Waals surface area contributed by atoms with Crippen LogP contribution < -0.4 is 0 Å². The highest BCUT2D eigenvalue weighted by atomic mass is 16.5. The van der Waals surface area contributed by atoms with Crippen LogP contribution in [-0.2, 0) is 11.3 Å². The van der Waals surface area contributed by atoms with Gasteiger partial charge < -0.3 is 9.30 Å². The summed E-state index contributed by atoms with van der Waals surface area (Å²) in [5.74, 6) is 0. The zero-order valence-corrected chi connectivity index (χ0v) is 7.16. The Balaban J connectivity index is 2.41. The van der Waals surface area contributed by atoms with Crippen LogP contribution in [0.1, 0.15) is 13.3 Å². The maximum absolute atomic E-state index is 5.25. The first-order chi connectivity index (χ1) is 5.36. The summed E-state index contributed by atoms with van der Waals surface area (Å²) in [4.78, 5) is 0. The van der Waals surface area contributed by atoms with Gasteiger partial charge in [0, 0.05) is 26.0 Å². The van der Waals surface area contributed by atoms with Crippen molar-refractivity contribution in [1.82, 2.24) is 4.57 Å². The maximum Gasteiger partial charge on any atom is 0.0747 e. The highest BCUT2D eigenvalue weighted by molar-refractivity contribution is 4.90. The third kappa shape index (κ3) is 2.39. The number of ether oxygens (including phenoxy) is 1. The third-order valence-electron chi connectivity index (χ3n) is 1.87. The van der Waals surface area contributed by atoms with Crippen molar-refractivity contribution in [2.24, 2.45) is 0 Å². The molecule has 11 heavy (non-hydrogen) atoms. The largest absolute Gasteiger partial charge is 0.380 e. The SMILES string of the molecule is CCC(Cn1cccc1)OC. The van der Waals surface area contributed by atoms with Gasteiger partial charge in [-0.3, -0.25) is 0 Å². The average molecular weight is 153 g/mol. The van der Waals surface area contributed by atoms with Crippen LogP contribution in [0.5, 0.6) is 0 Å². The number of rotatable bonds is 4. The van der Waals surface area contributed by atoms with Gasteiger partial charge in [0.05, 0.1) is 6.10 Å². The molecule has 0 aliphatic rings. The molecule has 1 heterocycles. The molecule has 1 unspecified atom stereocenters. The molecule has 0 amide bonds. The Morgan fingerprint density at radius 2 is 2.00 bits per heavy atom. The second kappa shape index (κ2) is 4.19. The molecule has 62 valence electrons. The molecule has 2 heteroatoms. The molecule has 0 radical (unpaired) electrons. The number of hydrogen-bond donors (Lipinski definition) is 0. The van der Waals surface area contributed by atoms with Crippen LogP contribution in [0, 0.1) is 0 Å². The first-order valence-corrected chi connectivity index (χ1v) is 4.00. The van der Waals surface area contributed by atoms with E-state index in [0.29, 0.717) is 6.10 Å². The Morgan fingerprint density at radius 1 is 1.36 bits per heavy atom. The lowest BCUT2D eigenvalue weighted by atomic mass is 10.3. The zero-order chi connectivity index (χ0) is 8.10. The minimum Gasteiger partial charge on any atom is -0.380 e. The Kier molecular flexibility index (Phi) is 3.17. The summed E-state index contributed by atoms with van der Waals surface area (Å²) in [6.07, 6.45) is 5.53. The summed E-state index contributed by atoms with van der Waals surface area (Å²) in [5.41, 5.74) is 0. The summed E-state index contributed by atoms with van der Waals surface area (Å²) < 4.78 is 7.39. The minimum atomic E-state index is 0.349. The number of hydrogen-bond acceptors (Lipinski definition) is 1. The molecule has 1 aromatic rings. The van der Waals surface area contributed by atoms with Crippen molar-refractivity contribution in [3.63, 3.8) is 0 Å². The lowest BCUT2D eigenvalue weighted by molar-refractivity contribution is 0.0848. The van der Waals surface area contributed by atoms with Crippen LogP contribution in [0.3, 0.4) is 0 Å². The molecule has 0 N–H and O–H groups in total. The van der Waals surface area contributed by atoms with Crippen LogP contribution in [0.2, 0.25) is 0 Å². The molecule has 2 nitrogen and oxygen atoms in total. The normalized spacial score (nSPS) is 13.3. The van der Waals surface area contributed by atoms with Crippen LogP contribution in [0.15, 0.2) is 24.5 Å². The fourth-order valence-corrected chi connectivity index (χ4v) is 1.10. The van der Waals surface area contributed by atoms with Crippen LogP contribution in [-0.4, -0.2) is 17.8 Å². The summed E-state index contributed by atoms with van der Waals surface area (Å²) in [7, 11) is 1.76. The summed E-state index contributed by atoms with van der Waals surface area (Å²) in [6.45, 7) is 3.09. The second-order valence-electron chi connectivity index (χ2n) is 2.65. The zero-order valence-electron chi connectivity index (χ0n) is 7.16. The van der Waals surface area contributed by atoms with E-state index in [1.54, 1.807) is 7.11 Å². The van der Waals surface area contributed by atoms with Gasteiger partial charge in [0.2, 0.25) is 0 Å². The highest BCUT2D eigenvalue weighted by Gasteiger charge is 2.02. The summed E-state index contributed by atoms with van der Waals surface area (Å²) in [6, 6.07) is 4.06. The van der Waals surface area contributed by atoms with Crippen molar-refractivity contribution < 1.29 is 4.74 Å². The first-order valence-electron chi connectivity index (χ1n) is 4.00. The van der Waals surface area contributed by atoms with Gasteiger partial charge in [-0.05, 0) is 18.6 Å². The van der Waals surface area contributed by atoms with E-state index in [1.807, 2.05) is 12.1 Å². The van der Waals surface area contributed by atoms with E-state index in [0.717, 1.165) is 13.0 Å². The highest BCUT2D eigenvalue weighted by Crippen LogP contribution is 2.00. The van der Waals surface area contributed by atoms with Gasteiger partial charge in [-0.1, -0.05) is 6.92 Å². The lowest BCUT2D eigenvalue weighted by Gasteiger charge is -2.13. The lowest BCUT2D eigenvalue weighted by Crippen LogP contribution is -2.16. The molecule has 0 fully saturated rings. The molecule has 0 aliphatic heterocycles. The van der Waals surface area contributed by atoms with Gasteiger partial charge in [0.1, 0.15) is 0 Å². The molecule has 0 saturated heterocycles. The molecule has 1 aromatic heterocycles. The number of nitrogens with zero attached hydrogens (tertiary/aromatic N) is 1. The second-order valence-corrected chi connectivity index (χ2v) is 2.65. The van der Waals surface area contributed by atoms with Gasteiger partial charge >= 0.3 is 0 Å². The fraction of sp³-hybridized carbons (Fsp3) is 0.556. The molecule has 0 spiro atoms. The van der Waals surface area contributed by atoms with E-state index >= 15 is 0 Å². The van der Waals surface area contributed by atoms with Gasteiger partial charge in [0.25, 0.3) is 0 Å². The van der Waals surface area contributed by atoms with Crippen LogP contribution in [0.4, 0.5) is 0 Å². The van der Waals surface area contributed by atoms with Crippen molar-refractivity contribution in [2.45, 2.75) is 26.0 Å². The summed E-state index contributed by atoms with van der Waals surface area (Å²) >= 11 is 0. The van der Waals surface area contributed by atoms with Crippen molar-refractivity contribution in [2.75, 3.05) is 7.11 Å². The molecule has 0 aliphatic carbocycles. The van der Waals surface area contributed by atoms with Crippen molar-refractivity contribution in [3.05, 3.63) is 24.5 Å². The average Bonchev–Trinajstić information content (AvgIpc) is 2.52. The Bertz CT molecular complexity index is 177. The number of methoxy groups -OCH3 is 1. The Hall–Kier alpha value is -0.760. The maximum atomic E-state index is 5.25. The Labute approximate surface area is 67.8 Å². The smallest absolute Gasteiger partial charge is 0.0747 e. The standard InChI is InChI=1S/C9H15NO/c1-3-9(11-2)8-10-6-4-5-7-10/h4-7,9H,3,8H2,1-2H3. The van der Waals surface area contributed by atoms with Gasteiger partial charge in [-0.15, -0.1) is 0 Å². The number of aromatic nitrogens is 1. The van der Waals surface area contributed by atoms with Gasteiger partial charge in [-0.25, -0.2) is 0 Å². The minimum absolute atomic E-state index is 0.349. The van der Waals surface area contributed by atoms with E-state index in [-0.39, 0.29) is 0 Å². The first kappa shape index (κ1) is 8.34. The van der Waals surface area contributed by atoms with Crippen LogP contribution >= 0.6 is 0 Å². The molecular formula is C9H15NO. The van der Waals surface area contributed by atoms with Crippen molar-refractivity contribution >= 4 is 0 Å². The molecule has 0 aromatic carbocycles. The van der Waals surface area contributed by atoms with E-state index in [9.17, 15) is 0 Å². The molecule has 0 saturated carbocycles. The van der Waals surface area contributed by atoms with Crippen LogP contribution in [0.25, 0.3) is 0 Å². The predicted octanol–water partition coefficient (Wildman–Crippen LogP) is 1.91.